The molecule has 8 nitrogen and oxygen atoms in total. The van der Waals surface area contributed by atoms with Crippen molar-refractivity contribution in [1.82, 2.24) is 24.6 Å². The number of ether oxygens (including phenoxy) is 1. The van der Waals surface area contributed by atoms with Crippen molar-refractivity contribution in [3.63, 3.8) is 0 Å². The minimum Gasteiger partial charge on any atom is -0.376 e. The number of fused-ring (bicyclic) bond motifs is 1. The van der Waals surface area contributed by atoms with Crippen molar-refractivity contribution in [2.75, 3.05) is 13.2 Å². The number of hydrogen-bond donors (Lipinski definition) is 1. The summed E-state index contributed by atoms with van der Waals surface area (Å²) in [5, 5.41) is 5.17. The summed E-state index contributed by atoms with van der Waals surface area (Å²) < 4.78 is 7.62. The normalized spacial score (nSPS) is 15.6. The van der Waals surface area contributed by atoms with Crippen molar-refractivity contribution >= 4 is 16.8 Å². The third kappa shape index (κ3) is 4.24. The van der Waals surface area contributed by atoms with Crippen molar-refractivity contribution in [2.45, 2.75) is 39.3 Å². The molecule has 0 saturated carbocycles. The number of aryl methyl sites for hydroxylation is 1. The van der Waals surface area contributed by atoms with E-state index in [0.717, 1.165) is 24.2 Å². The van der Waals surface area contributed by atoms with Gasteiger partial charge in [-0.3, -0.25) is 9.59 Å². The Balaban J connectivity index is 1.51. The Morgan fingerprint density at radius 2 is 1.91 bits per heavy atom. The van der Waals surface area contributed by atoms with Crippen LogP contribution in [-0.4, -0.2) is 49.8 Å². The van der Waals surface area contributed by atoms with Crippen molar-refractivity contribution in [2.24, 2.45) is 0 Å². The smallest absolute Gasteiger partial charge is 0.258 e. The second-order valence-electron chi connectivity index (χ2n) is 8.64. The molecule has 0 aliphatic carbocycles. The molecule has 2 aromatic carbocycles. The fourth-order valence-corrected chi connectivity index (χ4v) is 4.57. The van der Waals surface area contributed by atoms with Crippen LogP contribution in [0.2, 0.25) is 0 Å². The van der Waals surface area contributed by atoms with Crippen LogP contribution in [-0.2, 0) is 11.3 Å². The number of carbonyl (C=O) groups is 1. The molecular formula is C26H27N5O3. The lowest BCUT2D eigenvalue weighted by atomic mass is 10.1. The van der Waals surface area contributed by atoms with Crippen LogP contribution in [0.25, 0.3) is 16.6 Å². The number of H-pyrrole nitrogens is 1. The van der Waals surface area contributed by atoms with E-state index in [9.17, 15) is 9.59 Å². The molecule has 0 unspecified atom stereocenters. The third-order valence-corrected chi connectivity index (χ3v) is 6.24. The predicted octanol–water partition coefficient (Wildman–Crippen LogP) is 3.55. The number of aromatic amines is 1. The first kappa shape index (κ1) is 22.0. The number of aromatic nitrogens is 4. The summed E-state index contributed by atoms with van der Waals surface area (Å²) in [5.74, 6) is 0.296. The molecule has 1 fully saturated rings. The number of nitrogens with one attached hydrogen (secondary N) is 1. The van der Waals surface area contributed by atoms with Gasteiger partial charge in [0.2, 0.25) is 0 Å². The molecule has 1 N–H and O–H groups in total. The zero-order chi connectivity index (χ0) is 23.7. The zero-order valence-electron chi connectivity index (χ0n) is 19.3. The van der Waals surface area contributed by atoms with Crippen LogP contribution >= 0.6 is 0 Å². The Hall–Kier alpha value is -3.78. The molecule has 0 spiro atoms. The highest BCUT2D eigenvalue weighted by molar-refractivity contribution is 5.96. The maximum atomic E-state index is 13.9. The van der Waals surface area contributed by atoms with Crippen molar-refractivity contribution in [3.8, 4) is 5.69 Å². The van der Waals surface area contributed by atoms with Crippen LogP contribution < -0.4 is 5.56 Å². The second-order valence-corrected chi connectivity index (χ2v) is 8.64. The van der Waals surface area contributed by atoms with Crippen molar-refractivity contribution < 1.29 is 9.53 Å². The Bertz CT molecular complexity index is 1390. The highest BCUT2D eigenvalue weighted by Crippen LogP contribution is 2.22. The van der Waals surface area contributed by atoms with E-state index in [1.54, 1.807) is 21.7 Å². The molecule has 174 valence electrons. The van der Waals surface area contributed by atoms with Crippen LogP contribution in [0, 0.1) is 13.8 Å². The van der Waals surface area contributed by atoms with E-state index in [1.807, 2.05) is 56.3 Å². The maximum Gasteiger partial charge on any atom is 0.258 e. The summed E-state index contributed by atoms with van der Waals surface area (Å²) >= 11 is 0. The Labute approximate surface area is 197 Å². The van der Waals surface area contributed by atoms with Crippen LogP contribution in [0.3, 0.4) is 0 Å². The summed E-state index contributed by atoms with van der Waals surface area (Å²) in [7, 11) is 0. The van der Waals surface area contributed by atoms with E-state index >= 15 is 0 Å². The molecule has 4 aromatic rings. The zero-order valence-corrected chi connectivity index (χ0v) is 19.3. The first-order valence-corrected chi connectivity index (χ1v) is 11.5. The van der Waals surface area contributed by atoms with Crippen molar-refractivity contribution in [3.05, 3.63) is 87.7 Å². The van der Waals surface area contributed by atoms with Crippen LogP contribution in [0.1, 0.15) is 40.4 Å². The van der Waals surface area contributed by atoms with Gasteiger partial charge in [-0.2, -0.15) is 5.10 Å². The summed E-state index contributed by atoms with van der Waals surface area (Å²) in [6.07, 6.45) is 1.83. The maximum absolute atomic E-state index is 13.9. The van der Waals surface area contributed by atoms with Gasteiger partial charge in [-0.15, -0.1) is 0 Å². The van der Waals surface area contributed by atoms with E-state index in [2.05, 4.69) is 15.1 Å². The number of hydrogen-bond acceptors (Lipinski definition) is 5. The topological polar surface area (TPSA) is 93.1 Å². The number of benzene rings is 2. The lowest BCUT2D eigenvalue weighted by Crippen LogP contribution is -2.38. The second kappa shape index (κ2) is 9.23. The molecule has 1 aliphatic heterocycles. The van der Waals surface area contributed by atoms with E-state index in [-0.39, 0.29) is 24.1 Å². The average molecular weight is 458 g/mol. The molecule has 2 aromatic heterocycles. The summed E-state index contributed by atoms with van der Waals surface area (Å²) in [6, 6.07) is 17.0. The van der Waals surface area contributed by atoms with E-state index < -0.39 is 0 Å². The van der Waals surface area contributed by atoms with Gasteiger partial charge in [-0.05, 0) is 51.0 Å². The summed E-state index contributed by atoms with van der Waals surface area (Å²) in [6.45, 7) is 5.04. The molecule has 5 rings (SSSR count). The fraction of sp³-hybridized carbons (Fsp3) is 0.308. The van der Waals surface area contributed by atoms with Crippen LogP contribution in [0.5, 0.6) is 0 Å². The highest BCUT2D eigenvalue weighted by Gasteiger charge is 2.28. The number of carbonyl (C=O) groups excluding carboxylic acids is 1. The van der Waals surface area contributed by atoms with Gasteiger partial charge in [0.25, 0.3) is 11.5 Å². The van der Waals surface area contributed by atoms with Gasteiger partial charge in [-0.1, -0.05) is 30.3 Å². The van der Waals surface area contributed by atoms with E-state index in [0.29, 0.717) is 41.1 Å². The largest absolute Gasteiger partial charge is 0.376 e. The van der Waals surface area contributed by atoms with E-state index in [4.69, 9.17) is 4.74 Å². The number of nitrogens with zero attached hydrogens (tertiary/aromatic N) is 4. The van der Waals surface area contributed by atoms with Gasteiger partial charge in [-0.25, -0.2) is 9.67 Å². The minimum atomic E-state index is -0.214. The molecule has 1 aliphatic rings. The fourth-order valence-electron chi connectivity index (χ4n) is 4.57. The first-order chi connectivity index (χ1) is 16.5. The Kier molecular flexibility index (Phi) is 5.98. The highest BCUT2D eigenvalue weighted by atomic mass is 16.5. The molecular weight excluding hydrogens is 430 g/mol. The van der Waals surface area contributed by atoms with Crippen molar-refractivity contribution in [1.29, 1.82) is 0 Å². The molecule has 3 heterocycles. The van der Waals surface area contributed by atoms with Gasteiger partial charge < -0.3 is 14.6 Å². The number of rotatable bonds is 6. The Morgan fingerprint density at radius 1 is 1.15 bits per heavy atom. The van der Waals surface area contributed by atoms with Gasteiger partial charge in [0.15, 0.2) is 0 Å². The number of para-hydroxylation sites is 2. The van der Waals surface area contributed by atoms with Gasteiger partial charge in [0.05, 0.1) is 46.2 Å². The lowest BCUT2D eigenvalue weighted by Gasteiger charge is -2.25. The number of amides is 1. The molecule has 0 bridgehead atoms. The first-order valence-electron chi connectivity index (χ1n) is 11.5. The summed E-state index contributed by atoms with van der Waals surface area (Å²) in [4.78, 5) is 35.6. The quantitative estimate of drug-likeness (QED) is 0.478. The van der Waals surface area contributed by atoms with Gasteiger partial charge >= 0.3 is 0 Å². The predicted molar refractivity (Wildman–Crippen MR) is 129 cm³/mol. The van der Waals surface area contributed by atoms with Crippen LogP contribution in [0.4, 0.5) is 0 Å². The van der Waals surface area contributed by atoms with Crippen LogP contribution in [0.15, 0.2) is 59.4 Å². The molecule has 1 atom stereocenters. The minimum absolute atomic E-state index is 0.0408. The van der Waals surface area contributed by atoms with Gasteiger partial charge in [0, 0.05) is 13.2 Å². The third-order valence-electron chi connectivity index (χ3n) is 6.24. The molecule has 1 saturated heterocycles. The average Bonchev–Trinajstić information content (AvgIpc) is 3.46. The molecule has 34 heavy (non-hydrogen) atoms. The molecule has 1 amide bonds. The SMILES string of the molecule is Cc1nn(-c2ccccc2)c(C)c1C(=O)N(Cc1nc2ccccc2c(=O)[nH]1)C[C@H]1CCCO1. The monoisotopic (exact) mass is 457 g/mol. The summed E-state index contributed by atoms with van der Waals surface area (Å²) in [5.41, 5.74) is 3.28. The standard InChI is InChI=1S/C26H27N5O3/c1-17-24(18(2)31(29-17)19-9-4-3-5-10-19)26(33)30(15-20-11-8-14-34-20)16-23-27-22-13-7-6-12-21(22)25(32)28-23/h3-7,9-10,12-13,20H,8,11,14-16H2,1-2H3,(H,27,28,32)/t20-/m1/s1. The molecule has 0 radical (unpaired) electrons. The molecule has 8 heteroatoms. The Morgan fingerprint density at radius 3 is 2.68 bits per heavy atom. The van der Waals surface area contributed by atoms with Gasteiger partial charge in [0.1, 0.15) is 5.82 Å². The lowest BCUT2D eigenvalue weighted by molar-refractivity contribution is 0.0500. The van der Waals surface area contributed by atoms with E-state index in [1.165, 1.54) is 0 Å².